The summed E-state index contributed by atoms with van der Waals surface area (Å²) in [4.78, 5) is 13.6. The fraction of sp³-hybridized carbons (Fsp3) is 0.121. The average Bonchev–Trinajstić information content (AvgIpc) is 3.57. The molecule has 0 spiro atoms. The Morgan fingerprint density at radius 1 is 0.811 bits per heavy atom. The molecule has 0 saturated heterocycles. The summed E-state index contributed by atoms with van der Waals surface area (Å²) >= 11 is 0. The van der Waals surface area contributed by atoms with E-state index in [0.29, 0.717) is 5.56 Å². The number of benzene rings is 3. The zero-order valence-corrected chi connectivity index (χ0v) is 20.8. The van der Waals surface area contributed by atoms with Gasteiger partial charge in [0.1, 0.15) is 0 Å². The molecule has 37 heavy (non-hydrogen) atoms. The molecule has 1 atom stereocenters. The number of carbonyl (C=O) groups is 1. The third-order valence-electron chi connectivity index (χ3n) is 7.77. The van der Waals surface area contributed by atoms with Crippen molar-refractivity contribution < 1.29 is 9.53 Å². The summed E-state index contributed by atoms with van der Waals surface area (Å²) in [7, 11) is 0. The standard InChI is InChI=1S/C33H26N2O2/c1-3-34-22(2)30(26-17-8-10-19-29(26)34)33(28-18-9-7-16-25(28)32(36)37-33)31-27(23-13-5-4-6-14-23)21-24-15-11-12-20-35(24)31/h4-21H,3H2,1-2H3. The molecule has 3 aromatic heterocycles. The number of para-hydroxylation sites is 1. The second-order valence-corrected chi connectivity index (χ2v) is 9.61. The molecular weight excluding hydrogens is 456 g/mol. The maximum Gasteiger partial charge on any atom is 0.340 e. The highest BCUT2D eigenvalue weighted by molar-refractivity contribution is 5.99. The van der Waals surface area contributed by atoms with E-state index in [1.54, 1.807) is 0 Å². The molecule has 0 radical (unpaired) electrons. The summed E-state index contributed by atoms with van der Waals surface area (Å²) in [5.41, 5.74) is 7.73. The average molecular weight is 483 g/mol. The number of nitrogens with zero attached hydrogens (tertiary/aromatic N) is 2. The molecule has 4 nitrogen and oxygen atoms in total. The first-order valence-electron chi connectivity index (χ1n) is 12.7. The molecule has 0 fully saturated rings. The maximum atomic E-state index is 13.6. The third-order valence-corrected chi connectivity index (χ3v) is 7.77. The minimum atomic E-state index is -1.13. The minimum absolute atomic E-state index is 0.298. The van der Waals surface area contributed by atoms with E-state index in [1.165, 1.54) is 0 Å². The Morgan fingerprint density at radius 3 is 2.38 bits per heavy atom. The molecule has 7 rings (SSSR count). The first-order valence-corrected chi connectivity index (χ1v) is 12.7. The van der Waals surface area contributed by atoms with E-state index >= 15 is 0 Å². The third kappa shape index (κ3) is 2.87. The topological polar surface area (TPSA) is 35.6 Å². The van der Waals surface area contributed by atoms with Crippen LogP contribution in [0.1, 0.15) is 39.8 Å². The minimum Gasteiger partial charge on any atom is -0.439 e. The van der Waals surface area contributed by atoms with E-state index in [4.69, 9.17) is 4.74 Å². The Hall–Kier alpha value is -4.57. The Kier molecular flexibility index (Phi) is 4.67. The molecule has 1 aliphatic heterocycles. The lowest BCUT2D eigenvalue weighted by Gasteiger charge is -2.32. The predicted octanol–water partition coefficient (Wildman–Crippen LogP) is 7.35. The van der Waals surface area contributed by atoms with Crippen LogP contribution in [0.4, 0.5) is 0 Å². The van der Waals surface area contributed by atoms with Crippen LogP contribution in [-0.4, -0.2) is 14.9 Å². The van der Waals surface area contributed by atoms with Crippen LogP contribution >= 0.6 is 0 Å². The van der Waals surface area contributed by atoms with Gasteiger partial charge in [-0.2, -0.15) is 0 Å². The van der Waals surface area contributed by atoms with Gasteiger partial charge in [0.2, 0.25) is 5.60 Å². The van der Waals surface area contributed by atoms with Crippen LogP contribution in [0.2, 0.25) is 0 Å². The molecule has 180 valence electrons. The first-order chi connectivity index (χ1) is 18.1. The summed E-state index contributed by atoms with van der Waals surface area (Å²) in [5, 5.41) is 1.09. The molecule has 0 saturated carbocycles. The Labute approximate surface area is 215 Å². The van der Waals surface area contributed by atoms with Crippen molar-refractivity contribution in [3.05, 3.63) is 137 Å². The lowest BCUT2D eigenvalue weighted by atomic mass is 9.79. The van der Waals surface area contributed by atoms with Gasteiger partial charge in [-0.25, -0.2) is 4.79 Å². The first kappa shape index (κ1) is 21.7. The number of carbonyl (C=O) groups excluding carboxylic acids is 1. The fourth-order valence-corrected chi connectivity index (χ4v) is 6.30. The number of esters is 1. The molecular formula is C33H26N2O2. The second kappa shape index (κ2) is 7.97. The summed E-state index contributed by atoms with van der Waals surface area (Å²) in [5.74, 6) is -0.298. The number of pyridine rings is 1. The molecule has 4 heterocycles. The van der Waals surface area contributed by atoms with Gasteiger partial charge in [0.25, 0.3) is 0 Å². The molecule has 0 amide bonds. The van der Waals surface area contributed by atoms with E-state index in [2.05, 4.69) is 95.7 Å². The Bertz CT molecular complexity index is 1830. The van der Waals surface area contributed by atoms with Gasteiger partial charge in [-0.1, -0.05) is 72.8 Å². The van der Waals surface area contributed by atoms with Crippen molar-refractivity contribution in [3.8, 4) is 11.1 Å². The van der Waals surface area contributed by atoms with E-state index < -0.39 is 5.60 Å². The molecule has 6 aromatic rings. The molecule has 0 aliphatic carbocycles. The van der Waals surface area contributed by atoms with Crippen LogP contribution in [0.25, 0.3) is 27.5 Å². The lowest BCUT2D eigenvalue weighted by molar-refractivity contribution is 0.0241. The van der Waals surface area contributed by atoms with Gasteiger partial charge < -0.3 is 13.7 Å². The summed E-state index contributed by atoms with van der Waals surface area (Å²) in [6.45, 7) is 5.12. The fourth-order valence-electron chi connectivity index (χ4n) is 6.30. The zero-order valence-electron chi connectivity index (χ0n) is 20.8. The van der Waals surface area contributed by atoms with Gasteiger partial charge in [0.05, 0.1) is 11.3 Å². The second-order valence-electron chi connectivity index (χ2n) is 9.61. The zero-order chi connectivity index (χ0) is 25.1. The summed E-state index contributed by atoms with van der Waals surface area (Å²) in [6.07, 6.45) is 2.07. The van der Waals surface area contributed by atoms with Crippen molar-refractivity contribution in [3.63, 3.8) is 0 Å². The van der Waals surface area contributed by atoms with Crippen LogP contribution < -0.4 is 0 Å². The van der Waals surface area contributed by atoms with Crippen LogP contribution in [0, 0.1) is 6.92 Å². The molecule has 4 heteroatoms. The monoisotopic (exact) mass is 482 g/mol. The van der Waals surface area contributed by atoms with Crippen LogP contribution in [-0.2, 0) is 16.9 Å². The Morgan fingerprint density at radius 2 is 1.54 bits per heavy atom. The van der Waals surface area contributed by atoms with Crippen molar-refractivity contribution in [2.75, 3.05) is 0 Å². The number of cyclic esters (lactones) is 1. The van der Waals surface area contributed by atoms with E-state index in [1.807, 2.05) is 36.4 Å². The molecule has 1 aliphatic rings. The number of ether oxygens (including phenoxy) is 1. The number of aromatic nitrogens is 2. The molecule has 3 aromatic carbocycles. The van der Waals surface area contributed by atoms with Crippen LogP contribution in [0.3, 0.4) is 0 Å². The van der Waals surface area contributed by atoms with Gasteiger partial charge in [-0.15, -0.1) is 0 Å². The maximum absolute atomic E-state index is 13.6. The smallest absolute Gasteiger partial charge is 0.340 e. The lowest BCUT2D eigenvalue weighted by Crippen LogP contribution is -2.32. The van der Waals surface area contributed by atoms with Gasteiger partial charge in [-0.3, -0.25) is 0 Å². The van der Waals surface area contributed by atoms with E-state index in [0.717, 1.165) is 56.6 Å². The Balaban J connectivity index is 1.72. The van der Waals surface area contributed by atoms with Gasteiger partial charge >= 0.3 is 5.97 Å². The van der Waals surface area contributed by atoms with E-state index in [-0.39, 0.29) is 5.97 Å². The summed E-state index contributed by atoms with van der Waals surface area (Å²) in [6, 6.07) is 35.0. The van der Waals surface area contributed by atoms with Crippen molar-refractivity contribution in [2.24, 2.45) is 0 Å². The van der Waals surface area contributed by atoms with Crippen molar-refractivity contribution in [1.29, 1.82) is 0 Å². The van der Waals surface area contributed by atoms with Crippen molar-refractivity contribution in [2.45, 2.75) is 26.0 Å². The predicted molar refractivity (Wildman–Crippen MR) is 147 cm³/mol. The number of fused-ring (bicyclic) bond motifs is 3. The number of aryl methyl sites for hydroxylation is 1. The largest absolute Gasteiger partial charge is 0.439 e. The van der Waals surface area contributed by atoms with Crippen molar-refractivity contribution in [1.82, 2.24) is 8.97 Å². The molecule has 0 N–H and O–H groups in total. The normalized spacial score (nSPS) is 16.9. The summed E-state index contributed by atoms with van der Waals surface area (Å²) < 4.78 is 11.2. The van der Waals surface area contributed by atoms with Gasteiger partial charge in [0, 0.05) is 51.5 Å². The quantitative estimate of drug-likeness (QED) is 0.246. The van der Waals surface area contributed by atoms with Crippen LogP contribution in [0.15, 0.2) is 109 Å². The molecule has 1 unspecified atom stereocenters. The SMILES string of the molecule is CCn1c(C)c(C2(c3c(-c4ccccc4)cc4ccccn34)OC(=O)c3ccccc32)c2ccccc21. The number of rotatable bonds is 4. The highest BCUT2D eigenvalue weighted by atomic mass is 16.6. The van der Waals surface area contributed by atoms with Crippen molar-refractivity contribution >= 4 is 22.4 Å². The van der Waals surface area contributed by atoms with Gasteiger partial charge in [0.15, 0.2) is 0 Å². The molecule has 0 bridgehead atoms. The van der Waals surface area contributed by atoms with Gasteiger partial charge in [-0.05, 0) is 49.7 Å². The van der Waals surface area contributed by atoms with E-state index in [9.17, 15) is 4.79 Å². The number of hydrogen-bond donors (Lipinski definition) is 0. The highest BCUT2D eigenvalue weighted by Gasteiger charge is 2.53. The highest BCUT2D eigenvalue weighted by Crippen LogP contribution is 2.53. The number of hydrogen-bond acceptors (Lipinski definition) is 2. The van der Waals surface area contributed by atoms with Crippen LogP contribution in [0.5, 0.6) is 0 Å².